The Labute approximate surface area is 154 Å². The van der Waals surface area contributed by atoms with E-state index in [0.717, 1.165) is 10.1 Å². The maximum absolute atomic E-state index is 13.0. The van der Waals surface area contributed by atoms with Crippen molar-refractivity contribution < 1.29 is 9.53 Å². The highest BCUT2D eigenvalue weighted by Crippen LogP contribution is 2.24. The third kappa shape index (κ3) is 3.54. The molecule has 2 aromatic carbocycles. The Hall–Kier alpha value is -2.34. The lowest BCUT2D eigenvalue weighted by molar-refractivity contribution is 0.0537. The van der Waals surface area contributed by atoms with Crippen molar-refractivity contribution >= 4 is 33.1 Å². The fourth-order valence-electron chi connectivity index (χ4n) is 2.66. The molecular formula is C19H19BrN2O3. The molecule has 25 heavy (non-hydrogen) atoms. The summed E-state index contributed by atoms with van der Waals surface area (Å²) >= 11 is 3.45. The molecule has 0 N–H and O–H groups in total. The summed E-state index contributed by atoms with van der Waals surface area (Å²) in [6.07, 6.45) is -0.679. The first-order valence-electron chi connectivity index (χ1n) is 7.95. The van der Waals surface area contributed by atoms with Crippen molar-refractivity contribution in [2.75, 3.05) is 0 Å². The van der Waals surface area contributed by atoms with E-state index in [0.29, 0.717) is 22.1 Å². The van der Waals surface area contributed by atoms with Crippen LogP contribution < -0.4 is 5.69 Å². The van der Waals surface area contributed by atoms with Crippen molar-refractivity contribution in [2.45, 2.75) is 32.9 Å². The number of benzene rings is 2. The summed E-state index contributed by atoms with van der Waals surface area (Å²) in [7, 11) is 0. The van der Waals surface area contributed by atoms with Gasteiger partial charge < -0.3 is 4.74 Å². The van der Waals surface area contributed by atoms with Crippen LogP contribution in [-0.4, -0.2) is 20.8 Å². The van der Waals surface area contributed by atoms with Gasteiger partial charge >= 0.3 is 11.8 Å². The number of halogens is 1. The molecule has 6 heteroatoms. The minimum absolute atomic E-state index is 0.377. The van der Waals surface area contributed by atoms with Crippen LogP contribution in [0, 0.1) is 0 Å². The molecule has 0 saturated carbocycles. The molecule has 0 saturated heterocycles. The van der Waals surface area contributed by atoms with E-state index in [1.807, 2.05) is 42.5 Å². The largest absolute Gasteiger partial charge is 0.443 e. The molecule has 0 aliphatic carbocycles. The fraction of sp³-hybridized carbons (Fsp3) is 0.263. The number of hydrogen-bond donors (Lipinski definition) is 0. The standard InChI is InChI=1S/C19H19BrN2O3/c1-19(2,3)25-18(24)22-16-14(20)10-7-11-15(16)21(17(22)23)12-13-8-5-4-6-9-13/h4-11H,12H2,1-3H3. The Kier molecular flexibility index (Phi) is 4.56. The van der Waals surface area contributed by atoms with Crippen molar-refractivity contribution in [1.29, 1.82) is 0 Å². The van der Waals surface area contributed by atoms with Crippen LogP contribution in [0.2, 0.25) is 0 Å². The van der Waals surface area contributed by atoms with Gasteiger partial charge in [0.1, 0.15) is 5.60 Å². The molecule has 1 heterocycles. The summed E-state index contributed by atoms with van der Waals surface area (Å²) in [5.41, 5.74) is 1.06. The highest BCUT2D eigenvalue weighted by atomic mass is 79.9. The first-order chi connectivity index (χ1) is 11.8. The molecule has 0 spiro atoms. The zero-order valence-corrected chi connectivity index (χ0v) is 15.9. The maximum atomic E-state index is 13.0. The van der Waals surface area contributed by atoms with Crippen molar-refractivity contribution in [1.82, 2.24) is 9.13 Å². The summed E-state index contributed by atoms with van der Waals surface area (Å²) < 4.78 is 8.76. The van der Waals surface area contributed by atoms with Crippen molar-refractivity contribution in [3.63, 3.8) is 0 Å². The summed E-state index contributed by atoms with van der Waals surface area (Å²) in [6, 6.07) is 15.1. The lowest BCUT2D eigenvalue weighted by atomic mass is 10.2. The van der Waals surface area contributed by atoms with Gasteiger partial charge in [-0.2, -0.15) is 4.57 Å². The first-order valence-corrected chi connectivity index (χ1v) is 8.74. The number of hydrogen-bond acceptors (Lipinski definition) is 3. The molecule has 0 unspecified atom stereocenters. The summed E-state index contributed by atoms with van der Waals surface area (Å²) in [6.45, 7) is 5.69. The smallest absolute Gasteiger partial charge is 0.423 e. The number of nitrogens with zero attached hydrogens (tertiary/aromatic N) is 2. The van der Waals surface area contributed by atoms with Gasteiger partial charge in [0, 0.05) is 4.47 Å². The number of carbonyl (C=O) groups is 1. The van der Waals surface area contributed by atoms with Gasteiger partial charge in [-0.05, 0) is 54.4 Å². The van der Waals surface area contributed by atoms with E-state index < -0.39 is 17.4 Å². The normalized spacial score (nSPS) is 11.7. The monoisotopic (exact) mass is 402 g/mol. The second-order valence-corrected chi connectivity index (χ2v) is 7.63. The van der Waals surface area contributed by atoms with Gasteiger partial charge in [-0.15, -0.1) is 0 Å². The molecule has 0 aliphatic heterocycles. The van der Waals surface area contributed by atoms with Crippen molar-refractivity contribution in [3.8, 4) is 0 Å². The van der Waals surface area contributed by atoms with Crippen LogP contribution in [0.25, 0.3) is 11.0 Å². The van der Waals surface area contributed by atoms with E-state index in [-0.39, 0.29) is 0 Å². The van der Waals surface area contributed by atoms with Crippen LogP contribution in [0.4, 0.5) is 4.79 Å². The van der Waals surface area contributed by atoms with E-state index >= 15 is 0 Å². The number of imidazole rings is 1. The van der Waals surface area contributed by atoms with Gasteiger partial charge in [-0.1, -0.05) is 36.4 Å². The summed E-state index contributed by atoms with van der Waals surface area (Å²) in [5, 5.41) is 0. The lowest BCUT2D eigenvalue weighted by Gasteiger charge is -2.19. The van der Waals surface area contributed by atoms with Crippen LogP contribution in [0.3, 0.4) is 0 Å². The van der Waals surface area contributed by atoms with Crippen LogP contribution in [0.5, 0.6) is 0 Å². The van der Waals surface area contributed by atoms with E-state index in [9.17, 15) is 9.59 Å². The zero-order chi connectivity index (χ0) is 18.2. The zero-order valence-electron chi connectivity index (χ0n) is 14.3. The maximum Gasteiger partial charge on any atom is 0.423 e. The van der Waals surface area contributed by atoms with Crippen molar-refractivity contribution in [3.05, 3.63) is 69.1 Å². The van der Waals surface area contributed by atoms with E-state index in [1.165, 1.54) is 0 Å². The van der Waals surface area contributed by atoms with Gasteiger partial charge in [-0.3, -0.25) is 4.57 Å². The van der Waals surface area contributed by atoms with Crippen molar-refractivity contribution in [2.24, 2.45) is 0 Å². The Bertz CT molecular complexity index is 982. The topological polar surface area (TPSA) is 53.2 Å². The third-order valence-electron chi connectivity index (χ3n) is 3.66. The average molecular weight is 403 g/mol. The fourth-order valence-corrected chi connectivity index (χ4v) is 3.19. The van der Waals surface area contributed by atoms with Gasteiger partial charge in [0.15, 0.2) is 0 Å². The van der Waals surface area contributed by atoms with Crippen LogP contribution >= 0.6 is 15.9 Å². The molecule has 0 fully saturated rings. The van der Waals surface area contributed by atoms with E-state index in [2.05, 4.69) is 15.9 Å². The van der Waals surface area contributed by atoms with Gasteiger partial charge in [0.2, 0.25) is 0 Å². The summed E-state index contributed by atoms with van der Waals surface area (Å²) in [4.78, 5) is 25.6. The second kappa shape index (κ2) is 6.52. The van der Waals surface area contributed by atoms with E-state index in [1.54, 1.807) is 31.4 Å². The number of ether oxygens (including phenoxy) is 1. The molecule has 0 aliphatic rings. The molecule has 3 rings (SSSR count). The lowest BCUT2D eigenvalue weighted by Crippen LogP contribution is -2.34. The SMILES string of the molecule is CC(C)(C)OC(=O)n1c(=O)n(Cc2ccccc2)c2cccc(Br)c21. The molecule has 0 amide bonds. The average Bonchev–Trinajstić information content (AvgIpc) is 2.81. The Morgan fingerprint density at radius 1 is 1.08 bits per heavy atom. The molecule has 0 radical (unpaired) electrons. The molecule has 1 aromatic heterocycles. The van der Waals surface area contributed by atoms with Gasteiger partial charge in [0.25, 0.3) is 0 Å². The first kappa shape index (κ1) is 17.5. The predicted molar refractivity (Wildman–Crippen MR) is 101 cm³/mol. The molecule has 130 valence electrons. The Morgan fingerprint density at radius 3 is 2.40 bits per heavy atom. The van der Waals surface area contributed by atoms with Crippen LogP contribution in [0.1, 0.15) is 26.3 Å². The number of rotatable bonds is 2. The molecule has 3 aromatic rings. The van der Waals surface area contributed by atoms with E-state index in [4.69, 9.17) is 4.74 Å². The number of carbonyl (C=O) groups excluding carboxylic acids is 1. The number of fused-ring (bicyclic) bond motifs is 1. The van der Waals surface area contributed by atoms with Crippen LogP contribution in [-0.2, 0) is 11.3 Å². The Morgan fingerprint density at radius 2 is 1.76 bits per heavy atom. The quantitative estimate of drug-likeness (QED) is 0.638. The molecule has 0 bridgehead atoms. The predicted octanol–water partition coefficient (Wildman–Crippen LogP) is 4.40. The summed E-state index contributed by atoms with van der Waals surface area (Å²) in [5.74, 6) is 0. The van der Waals surface area contributed by atoms with Crippen LogP contribution in [0.15, 0.2) is 57.8 Å². The highest BCUT2D eigenvalue weighted by Gasteiger charge is 2.25. The minimum atomic E-state index is -0.689. The number of aromatic nitrogens is 2. The molecular weight excluding hydrogens is 384 g/mol. The molecule has 5 nitrogen and oxygen atoms in total. The third-order valence-corrected chi connectivity index (χ3v) is 4.30. The minimum Gasteiger partial charge on any atom is -0.443 e. The van der Waals surface area contributed by atoms with Gasteiger partial charge in [0.05, 0.1) is 17.6 Å². The van der Waals surface area contributed by atoms with Gasteiger partial charge in [-0.25, -0.2) is 9.59 Å². The Balaban J connectivity index is 2.19. The molecule has 0 atom stereocenters. The number of para-hydroxylation sites is 1. The second-order valence-electron chi connectivity index (χ2n) is 6.78. The highest BCUT2D eigenvalue weighted by molar-refractivity contribution is 9.10.